The molecule has 162 valence electrons. The third kappa shape index (κ3) is 5.35. The number of urea groups is 1. The lowest BCUT2D eigenvalue weighted by Crippen LogP contribution is -2.48. The number of ether oxygens (including phenoxy) is 1. The molecule has 0 spiro atoms. The predicted molar refractivity (Wildman–Crippen MR) is 116 cm³/mol. The van der Waals surface area contributed by atoms with Crippen molar-refractivity contribution in [2.24, 2.45) is 5.92 Å². The Morgan fingerprint density at radius 3 is 2.39 bits per heavy atom. The first kappa shape index (κ1) is 21.8. The number of hydrogen-bond acceptors (Lipinski definition) is 6. The van der Waals surface area contributed by atoms with E-state index in [9.17, 15) is 9.59 Å². The van der Waals surface area contributed by atoms with Crippen LogP contribution in [-0.4, -0.2) is 45.3 Å². The maximum atomic E-state index is 12.9. The first-order valence-electron chi connectivity index (χ1n) is 9.76. The van der Waals surface area contributed by atoms with Crippen LogP contribution >= 0.6 is 0 Å². The summed E-state index contributed by atoms with van der Waals surface area (Å²) in [7, 11) is 1.54. The van der Waals surface area contributed by atoms with Gasteiger partial charge in [-0.05, 0) is 53.6 Å². The summed E-state index contributed by atoms with van der Waals surface area (Å²) >= 11 is 0. The smallest absolute Gasteiger partial charge is 0.319 e. The van der Waals surface area contributed by atoms with Gasteiger partial charge in [0.05, 0.1) is 7.11 Å². The van der Waals surface area contributed by atoms with Crippen LogP contribution in [0.4, 0.5) is 16.2 Å². The molecule has 10 heteroatoms. The van der Waals surface area contributed by atoms with Gasteiger partial charge >= 0.3 is 6.03 Å². The molecule has 10 nitrogen and oxygen atoms in total. The van der Waals surface area contributed by atoms with Crippen LogP contribution in [0.25, 0.3) is 5.69 Å². The largest absolute Gasteiger partial charge is 0.494 e. The molecule has 0 aliphatic carbocycles. The Hall–Kier alpha value is -3.95. The lowest BCUT2D eigenvalue weighted by molar-refractivity contribution is -0.118. The quantitative estimate of drug-likeness (QED) is 0.537. The Morgan fingerprint density at radius 1 is 1.03 bits per heavy atom. The van der Waals surface area contributed by atoms with Gasteiger partial charge < -0.3 is 20.7 Å². The molecule has 31 heavy (non-hydrogen) atoms. The SMILES string of the molecule is COc1ccc(NC(=O)C(NC(=O)Nc2ccccc2)C(C)C)cc1-n1nnnc1C. The third-order valence-corrected chi connectivity index (χ3v) is 4.57. The Bertz CT molecular complexity index is 1050. The fourth-order valence-corrected chi connectivity index (χ4v) is 2.97. The van der Waals surface area contributed by atoms with Crippen LogP contribution in [0.5, 0.6) is 5.75 Å². The average molecular weight is 423 g/mol. The minimum atomic E-state index is -0.746. The average Bonchev–Trinajstić information content (AvgIpc) is 3.18. The first-order chi connectivity index (χ1) is 14.9. The summed E-state index contributed by atoms with van der Waals surface area (Å²) < 4.78 is 6.90. The highest BCUT2D eigenvalue weighted by Gasteiger charge is 2.25. The van der Waals surface area contributed by atoms with Gasteiger partial charge in [0, 0.05) is 11.4 Å². The molecule has 3 rings (SSSR count). The number of nitrogens with one attached hydrogen (secondary N) is 3. The topological polar surface area (TPSA) is 123 Å². The molecule has 1 aromatic heterocycles. The third-order valence-electron chi connectivity index (χ3n) is 4.57. The molecule has 1 unspecified atom stereocenters. The van der Waals surface area contributed by atoms with Gasteiger partial charge in [-0.1, -0.05) is 32.0 Å². The van der Waals surface area contributed by atoms with Gasteiger partial charge in [-0.3, -0.25) is 4.79 Å². The van der Waals surface area contributed by atoms with Gasteiger partial charge in [-0.15, -0.1) is 5.10 Å². The van der Waals surface area contributed by atoms with E-state index in [4.69, 9.17) is 4.74 Å². The van der Waals surface area contributed by atoms with Gasteiger partial charge in [0.25, 0.3) is 0 Å². The number of aromatic nitrogens is 4. The second-order valence-corrected chi connectivity index (χ2v) is 7.20. The number of carbonyl (C=O) groups is 2. The number of para-hydroxylation sites is 1. The number of anilines is 2. The van der Waals surface area contributed by atoms with Gasteiger partial charge in [-0.25, -0.2) is 4.79 Å². The maximum absolute atomic E-state index is 12.9. The van der Waals surface area contributed by atoms with Crippen molar-refractivity contribution >= 4 is 23.3 Å². The van der Waals surface area contributed by atoms with Crippen LogP contribution in [0, 0.1) is 12.8 Å². The van der Waals surface area contributed by atoms with Crippen molar-refractivity contribution in [1.29, 1.82) is 0 Å². The molecule has 0 radical (unpaired) electrons. The summed E-state index contributed by atoms with van der Waals surface area (Å²) in [5.74, 6) is 0.638. The summed E-state index contributed by atoms with van der Waals surface area (Å²) in [6.45, 7) is 5.47. The van der Waals surface area contributed by atoms with E-state index >= 15 is 0 Å². The summed E-state index contributed by atoms with van der Waals surface area (Å²) in [6, 6.07) is 12.9. The number of carbonyl (C=O) groups excluding carboxylic acids is 2. The fourth-order valence-electron chi connectivity index (χ4n) is 2.97. The van der Waals surface area contributed by atoms with Crippen molar-refractivity contribution < 1.29 is 14.3 Å². The molecule has 2 aromatic carbocycles. The lowest BCUT2D eigenvalue weighted by atomic mass is 10.0. The minimum absolute atomic E-state index is 0.138. The van der Waals surface area contributed by atoms with E-state index in [1.165, 1.54) is 4.68 Å². The molecule has 0 saturated carbocycles. The van der Waals surface area contributed by atoms with Gasteiger partial charge in [0.2, 0.25) is 5.91 Å². The Morgan fingerprint density at radius 2 is 1.77 bits per heavy atom. The van der Waals surface area contributed by atoms with Crippen LogP contribution in [-0.2, 0) is 4.79 Å². The highest BCUT2D eigenvalue weighted by Crippen LogP contribution is 2.26. The summed E-state index contributed by atoms with van der Waals surface area (Å²) in [5, 5.41) is 19.8. The van der Waals surface area contributed by atoms with Gasteiger partial charge in [0.15, 0.2) is 5.82 Å². The van der Waals surface area contributed by atoms with Crippen molar-refractivity contribution in [2.75, 3.05) is 17.7 Å². The van der Waals surface area contributed by atoms with Crippen LogP contribution in [0.2, 0.25) is 0 Å². The van der Waals surface area contributed by atoms with E-state index in [1.807, 2.05) is 32.0 Å². The summed E-state index contributed by atoms with van der Waals surface area (Å²) in [4.78, 5) is 25.3. The number of methoxy groups -OCH3 is 1. The molecule has 0 bridgehead atoms. The van der Waals surface area contributed by atoms with Crippen LogP contribution in [0.15, 0.2) is 48.5 Å². The van der Waals surface area contributed by atoms with E-state index in [0.29, 0.717) is 28.6 Å². The lowest BCUT2D eigenvalue weighted by Gasteiger charge is -2.22. The normalized spacial score (nSPS) is 11.6. The molecule has 3 aromatic rings. The monoisotopic (exact) mass is 423 g/mol. The molecule has 3 N–H and O–H groups in total. The highest BCUT2D eigenvalue weighted by atomic mass is 16.5. The fraction of sp³-hybridized carbons (Fsp3) is 0.286. The van der Waals surface area contributed by atoms with E-state index in [0.717, 1.165) is 0 Å². The molecule has 3 amide bonds. The van der Waals surface area contributed by atoms with Gasteiger partial charge in [0.1, 0.15) is 17.5 Å². The van der Waals surface area contributed by atoms with Gasteiger partial charge in [-0.2, -0.15) is 4.68 Å². The number of benzene rings is 2. The summed E-state index contributed by atoms with van der Waals surface area (Å²) in [6.07, 6.45) is 0. The zero-order valence-electron chi connectivity index (χ0n) is 17.8. The molecule has 0 aliphatic rings. The van der Waals surface area contributed by atoms with Crippen LogP contribution in [0.1, 0.15) is 19.7 Å². The standard InChI is InChI=1S/C21H25N7O3/c1-13(2)19(24-21(30)23-15-8-6-5-7-9-15)20(29)22-16-10-11-18(31-4)17(12-16)28-14(3)25-26-27-28/h5-13,19H,1-4H3,(H,22,29)(H2,23,24,30). The first-order valence-corrected chi connectivity index (χ1v) is 9.76. The molecule has 1 heterocycles. The number of rotatable bonds is 7. The van der Waals surface area contributed by atoms with E-state index in [2.05, 4.69) is 31.5 Å². The second-order valence-electron chi connectivity index (χ2n) is 7.20. The van der Waals surface area contributed by atoms with Crippen LogP contribution in [0.3, 0.4) is 0 Å². The molecule has 1 atom stereocenters. The van der Waals surface area contributed by atoms with Crippen molar-refractivity contribution in [2.45, 2.75) is 26.8 Å². The number of amides is 3. The van der Waals surface area contributed by atoms with Crippen molar-refractivity contribution in [3.8, 4) is 11.4 Å². The molecular formula is C21H25N7O3. The van der Waals surface area contributed by atoms with Crippen LogP contribution < -0.4 is 20.7 Å². The number of tetrazole rings is 1. The minimum Gasteiger partial charge on any atom is -0.494 e. The highest BCUT2D eigenvalue weighted by molar-refractivity contribution is 5.99. The van der Waals surface area contributed by atoms with E-state index < -0.39 is 12.1 Å². The Labute approximate surface area is 180 Å². The second kappa shape index (κ2) is 9.70. The number of aryl methyl sites for hydroxylation is 1. The Kier molecular flexibility index (Phi) is 6.81. The van der Waals surface area contributed by atoms with Crippen molar-refractivity contribution in [3.63, 3.8) is 0 Å². The predicted octanol–water partition coefficient (Wildman–Crippen LogP) is 2.76. The summed E-state index contributed by atoms with van der Waals surface area (Å²) in [5.41, 5.74) is 1.74. The number of hydrogen-bond donors (Lipinski definition) is 3. The van der Waals surface area contributed by atoms with E-state index in [-0.39, 0.29) is 11.8 Å². The molecule has 0 fully saturated rings. The van der Waals surface area contributed by atoms with E-state index in [1.54, 1.807) is 44.4 Å². The maximum Gasteiger partial charge on any atom is 0.319 e. The molecule has 0 aliphatic heterocycles. The zero-order chi connectivity index (χ0) is 22.4. The molecule has 0 saturated heterocycles. The Balaban J connectivity index is 1.75. The number of nitrogens with zero attached hydrogens (tertiary/aromatic N) is 4. The van der Waals surface area contributed by atoms with Crippen molar-refractivity contribution in [1.82, 2.24) is 25.5 Å². The molecular weight excluding hydrogens is 398 g/mol. The zero-order valence-corrected chi connectivity index (χ0v) is 17.8. The van der Waals surface area contributed by atoms with Crippen molar-refractivity contribution in [3.05, 3.63) is 54.4 Å².